The molecule has 11 heteroatoms. The maximum atomic E-state index is 14.6. The molecule has 0 aliphatic carbocycles. The monoisotopic (exact) mass is 583 g/mol. The summed E-state index contributed by atoms with van der Waals surface area (Å²) in [6.45, 7) is -0.175. The number of fused-ring (bicyclic) bond motifs is 1. The third-order valence-corrected chi connectivity index (χ3v) is 6.93. The van der Waals surface area contributed by atoms with Crippen molar-refractivity contribution in [2.24, 2.45) is 0 Å². The molecular formula is C32H30FN5O5. The highest BCUT2D eigenvalue weighted by molar-refractivity contribution is 5.99. The minimum absolute atomic E-state index is 0.0316. The molecule has 5 aromatic rings. The van der Waals surface area contributed by atoms with Gasteiger partial charge in [0.2, 0.25) is 5.91 Å². The Balaban J connectivity index is 1.57. The molecule has 1 atom stereocenters. The van der Waals surface area contributed by atoms with Crippen LogP contribution in [0.1, 0.15) is 17.2 Å². The number of para-hydroxylation sites is 1. The van der Waals surface area contributed by atoms with Crippen LogP contribution in [-0.4, -0.2) is 53.0 Å². The number of hydrogen-bond donors (Lipinski definition) is 1. The van der Waals surface area contributed by atoms with Crippen LogP contribution in [0.5, 0.6) is 17.2 Å². The molecule has 43 heavy (non-hydrogen) atoms. The summed E-state index contributed by atoms with van der Waals surface area (Å²) >= 11 is 0. The molecule has 2 amide bonds. The number of carbonyl (C=O) groups is 2. The van der Waals surface area contributed by atoms with Gasteiger partial charge in [-0.1, -0.05) is 41.6 Å². The minimum Gasteiger partial charge on any atom is -0.497 e. The number of halogens is 1. The average Bonchev–Trinajstić information content (AvgIpc) is 3.43. The molecular weight excluding hydrogens is 553 g/mol. The number of carbonyl (C=O) groups excluding carboxylic acids is 2. The van der Waals surface area contributed by atoms with Gasteiger partial charge in [-0.05, 0) is 59.7 Å². The van der Waals surface area contributed by atoms with E-state index in [1.807, 2.05) is 18.2 Å². The Labute approximate surface area is 247 Å². The first-order chi connectivity index (χ1) is 20.9. The Morgan fingerprint density at radius 1 is 0.884 bits per heavy atom. The van der Waals surface area contributed by atoms with Gasteiger partial charge in [-0.2, -0.15) is 0 Å². The van der Waals surface area contributed by atoms with Gasteiger partial charge >= 0.3 is 0 Å². The van der Waals surface area contributed by atoms with Gasteiger partial charge in [0.1, 0.15) is 41.2 Å². The van der Waals surface area contributed by atoms with E-state index in [4.69, 9.17) is 14.2 Å². The van der Waals surface area contributed by atoms with Gasteiger partial charge in [-0.25, -0.2) is 9.07 Å². The highest BCUT2D eigenvalue weighted by Crippen LogP contribution is 2.32. The van der Waals surface area contributed by atoms with Crippen molar-refractivity contribution in [3.63, 3.8) is 0 Å². The van der Waals surface area contributed by atoms with Crippen molar-refractivity contribution in [2.75, 3.05) is 26.6 Å². The fourth-order valence-corrected chi connectivity index (χ4v) is 4.76. The van der Waals surface area contributed by atoms with E-state index in [2.05, 4.69) is 15.6 Å². The summed E-state index contributed by atoms with van der Waals surface area (Å²) in [5.41, 5.74) is 2.66. The lowest BCUT2D eigenvalue weighted by Gasteiger charge is -2.32. The Morgan fingerprint density at radius 3 is 2.35 bits per heavy atom. The molecule has 0 aliphatic heterocycles. The summed E-state index contributed by atoms with van der Waals surface area (Å²) in [6, 6.07) is 23.7. The molecule has 0 saturated carbocycles. The van der Waals surface area contributed by atoms with Crippen molar-refractivity contribution in [1.29, 1.82) is 0 Å². The predicted molar refractivity (Wildman–Crippen MR) is 158 cm³/mol. The molecule has 220 valence electrons. The predicted octanol–water partition coefficient (Wildman–Crippen LogP) is 5.01. The summed E-state index contributed by atoms with van der Waals surface area (Å²) in [5.74, 6) is -0.0177. The second-order valence-electron chi connectivity index (χ2n) is 9.62. The molecule has 4 aromatic carbocycles. The molecule has 0 radical (unpaired) electrons. The van der Waals surface area contributed by atoms with Crippen molar-refractivity contribution in [1.82, 2.24) is 19.9 Å². The first kappa shape index (κ1) is 29.1. The van der Waals surface area contributed by atoms with E-state index in [-0.39, 0.29) is 18.7 Å². The van der Waals surface area contributed by atoms with Crippen LogP contribution in [0, 0.1) is 5.82 Å². The van der Waals surface area contributed by atoms with Crippen LogP contribution in [-0.2, 0) is 22.7 Å². The third kappa shape index (κ3) is 6.56. The molecule has 1 unspecified atom stereocenters. The van der Waals surface area contributed by atoms with Crippen LogP contribution in [0.2, 0.25) is 0 Å². The molecule has 0 bridgehead atoms. The number of methoxy groups -OCH3 is 3. The number of nitrogens with zero attached hydrogens (tertiary/aromatic N) is 4. The Hall–Kier alpha value is -5.45. The van der Waals surface area contributed by atoms with Crippen LogP contribution in [0.25, 0.3) is 11.0 Å². The molecule has 0 spiro atoms. The van der Waals surface area contributed by atoms with Crippen molar-refractivity contribution in [3.8, 4) is 17.2 Å². The standard InChI is InChI=1S/C32H30FN5O5/c1-41-24-13-11-21(12-14-24)19-37(30(39)20-38-28-10-5-4-9-26(28)35-36-38)31(22-7-6-8-23(33)17-22)32(40)34-27-16-15-25(42-2)18-29(27)43-3/h4-18,31H,19-20H2,1-3H3,(H,34,40). The van der Waals surface area contributed by atoms with Gasteiger partial charge in [-0.15, -0.1) is 5.10 Å². The Bertz CT molecular complexity index is 1740. The topological polar surface area (TPSA) is 108 Å². The van der Waals surface area contributed by atoms with Gasteiger partial charge in [0, 0.05) is 12.6 Å². The molecule has 1 heterocycles. The summed E-state index contributed by atoms with van der Waals surface area (Å²) < 4.78 is 32.1. The molecule has 1 N–H and O–H groups in total. The van der Waals surface area contributed by atoms with Crippen LogP contribution in [0.4, 0.5) is 10.1 Å². The smallest absolute Gasteiger partial charge is 0.251 e. The van der Waals surface area contributed by atoms with Crippen LogP contribution in [0.3, 0.4) is 0 Å². The number of amides is 2. The van der Waals surface area contributed by atoms with Crippen molar-refractivity contribution in [3.05, 3.63) is 108 Å². The lowest BCUT2D eigenvalue weighted by atomic mass is 10.0. The van der Waals surface area contributed by atoms with Crippen molar-refractivity contribution >= 4 is 28.5 Å². The van der Waals surface area contributed by atoms with E-state index >= 15 is 0 Å². The van der Waals surface area contributed by atoms with Crippen LogP contribution >= 0.6 is 0 Å². The molecule has 5 rings (SSSR count). The highest BCUT2D eigenvalue weighted by atomic mass is 19.1. The first-order valence-electron chi connectivity index (χ1n) is 13.4. The number of rotatable bonds is 11. The van der Waals surface area contributed by atoms with E-state index in [1.54, 1.807) is 61.7 Å². The normalized spacial score (nSPS) is 11.5. The second-order valence-corrected chi connectivity index (χ2v) is 9.62. The quantitative estimate of drug-likeness (QED) is 0.233. The number of aromatic nitrogens is 3. The van der Waals surface area contributed by atoms with E-state index < -0.39 is 23.7 Å². The van der Waals surface area contributed by atoms with Crippen molar-refractivity contribution < 1.29 is 28.2 Å². The molecule has 0 saturated heterocycles. The van der Waals surface area contributed by atoms with Gasteiger partial charge in [0.15, 0.2) is 0 Å². The zero-order valence-corrected chi connectivity index (χ0v) is 23.9. The number of hydrogen-bond acceptors (Lipinski definition) is 7. The van der Waals surface area contributed by atoms with E-state index in [9.17, 15) is 14.0 Å². The minimum atomic E-state index is -1.23. The lowest BCUT2D eigenvalue weighted by molar-refractivity contribution is -0.140. The Morgan fingerprint density at radius 2 is 1.63 bits per heavy atom. The molecule has 0 aliphatic rings. The largest absolute Gasteiger partial charge is 0.497 e. The lowest BCUT2D eigenvalue weighted by Crippen LogP contribution is -2.42. The number of benzene rings is 4. The third-order valence-electron chi connectivity index (χ3n) is 6.93. The number of anilines is 1. The van der Waals surface area contributed by atoms with E-state index in [0.29, 0.717) is 34.0 Å². The molecule has 1 aromatic heterocycles. The molecule has 10 nitrogen and oxygen atoms in total. The van der Waals surface area contributed by atoms with E-state index in [1.165, 1.54) is 42.0 Å². The fraction of sp³-hybridized carbons (Fsp3) is 0.188. The highest BCUT2D eigenvalue weighted by Gasteiger charge is 2.33. The van der Waals surface area contributed by atoms with Gasteiger partial charge in [0.25, 0.3) is 5.91 Å². The summed E-state index contributed by atoms with van der Waals surface area (Å²) in [6.07, 6.45) is 0. The maximum absolute atomic E-state index is 14.6. The van der Waals surface area contributed by atoms with E-state index in [0.717, 1.165) is 5.56 Å². The van der Waals surface area contributed by atoms with Gasteiger partial charge in [-0.3, -0.25) is 9.59 Å². The fourth-order valence-electron chi connectivity index (χ4n) is 4.76. The zero-order valence-electron chi connectivity index (χ0n) is 23.9. The summed E-state index contributed by atoms with van der Waals surface area (Å²) in [7, 11) is 4.55. The van der Waals surface area contributed by atoms with Gasteiger partial charge in [0.05, 0.1) is 32.5 Å². The van der Waals surface area contributed by atoms with Crippen LogP contribution < -0.4 is 19.5 Å². The Kier molecular flexibility index (Phi) is 8.80. The summed E-state index contributed by atoms with van der Waals surface area (Å²) in [4.78, 5) is 29.7. The summed E-state index contributed by atoms with van der Waals surface area (Å²) in [5, 5.41) is 11.2. The SMILES string of the molecule is COc1ccc(CN(C(=O)Cn2nnc3ccccc32)C(C(=O)Nc2ccc(OC)cc2OC)c2cccc(F)c2)cc1. The average molecular weight is 584 g/mol. The van der Waals surface area contributed by atoms with Crippen molar-refractivity contribution in [2.45, 2.75) is 19.1 Å². The number of ether oxygens (including phenoxy) is 3. The second kappa shape index (κ2) is 13.0. The van der Waals surface area contributed by atoms with Gasteiger partial charge < -0.3 is 24.4 Å². The van der Waals surface area contributed by atoms with Crippen LogP contribution in [0.15, 0.2) is 91.0 Å². The maximum Gasteiger partial charge on any atom is 0.251 e. The molecule has 0 fully saturated rings. The first-order valence-corrected chi connectivity index (χ1v) is 13.4. The number of nitrogens with one attached hydrogen (secondary N) is 1. The zero-order chi connectivity index (χ0) is 30.3.